The minimum Gasteiger partial charge on any atom is -0.382 e. The Kier molecular flexibility index (Phi) is 6.23. The number of benzene rings is 2. The van der Waals surface area contributed by atoms with Crippen LogP contribution in [0.5, 0.6) is 0 Å². The average Bonchev–Trinajstić information content (AvgIpc) is 2.67. The zero-order valence-corrected chi connectivity index (χ0v) is 18.0. The molecule has 0 bridgehead atoms. The van der Waals surface area contributed by atoms with Gasteiger partial charge in [-0.25, -0.2) is 18.4 Å². The Balaban J connectivity index is 1.81. The van der Waals surface area contributed by atoms with Crippen LogP contribution in [0, 0.1) is 6.92 Å². The maximum absolute atomic E-state index is 12.6. The molecule has 0 spiro atoms. The van der Waals surface area contributed by atoms with Crippen molar-refractivity contribution in [2.75, 3.05) is 16.5 Å². The molecule has 31 heavy (non-hydrogen) atoms. The van der Waals surface area contributed by atoms with Crippen molar-refractivity contribution in [1.82, 2.24) is 9.97 Å². The Morgan fingerprint density at radius 1 is 1.10 bits per heavy atom. The van der Waals surface area contributed by atoms with Gasteiger partial charge >= 0.3 is 7.60 Å². The molecule has 0 atom stereocenters. The van der Waals surface area contributed by atoms with Crippen molar-refractivity contribution in [3.05, 3.63) is 66.0 Å². The van der Waals surface area contributed by atoms with Gasteiger partial charge in [-0.1, -0.05) is 29.8 Å². The first-order valence-corrected chi connectivity index (χ1v) is 12.3. The minimum absolute atomic E-state index is 0.0748. The third-order valence-corrected chi connectivity index (χ3v) is 7.87. The zero-order chi connectivity index (χ0) is 22.8. The van der Waals surface area contributed by atoms with Gasteiger partial charge in [0.1, 0.15) is 0 Å². The van der Waals surface area contributed by atoms with Crippen LogP contribution in [-0.2, 0) is 14.4 Å². The highest BCUT2D eigenvalue weighted by Gasteiger charge is 2.26. The van der Waals surface area contributed by atoms with Crippen molar-refractivity contribution >= 4 is 34.8 Å². The van der Waals surface area contributed by atoms with Gasteiger partial charge in [0.2, 0.25) is 0 Å². The number of nitrogens with two attached hydrogens (primary N) is 1. The first-order valence-electron chi connectivity index (χ1n) is 8.83. The van der Waals surface area contributed by atoms with Crippen molar-refractivity contribution in [1.29, 1.82) is 0 Å². The summed E-state index contributed by atoms with van der Waals surface area (Å²) in [7, 11) is -8.93. The van der Waals surface area contributed by atoms with Crippen LogP contribution >= 0.6 is 7.60 Å². The van der Waals surface area contributed by atoms with Crippen LogP contribution in [0.4, 0.5) is 11.5 Å². The Hall–Kier alpha value is -3.11. The molecule has 10 nitrogen and oxygen atoms in total. The topological polar surface area (TPSA) is 173 Å². The van der Waals surface area contributed by atoms with Crippen molar-refractivity contribution in [2.45, 2.75) is 11.8 Å². The quantitative estimate of drug-likeness (QED) is 0.401. The lowest BCUT2D eigenvalue weighted by molar-refractivity contribution is 0.102. The van der Waals surface area contributed by atoms with Crippen LogP contribution < -0.4 is 11.1 Å². The summed E-state index contributed by atoms with van der Waals surface area (Å²) in [5, 5.41) is 2.54. The van der Waals surface area contributed by atoms with Crippen molar-refractivity contribution in [3.8, 4) is 11.3 Å². The molecular formula is C19H19N4O6PS. The van der Waals surface area contributed by atoms with E-state index in [1.54, 1.807) is 0 Å². The van der Waals surface area contributed by atoms with Crippen LogP contribution in [0.2, 0.25) is 0 Å². The van der Waals surface area contributed by atoms with Crippen LogP contribution in [-0.4, -0.2) is 39.6 Å². The number of aryl methyl sites for hydroxylation is 1. The largest absolute Gasteiger partial charge is 0.382 e. The fourth-order valence-electron chi connectivity index (χ4n) is 2.66. The summed E-state index contributed by atoms with van der Waals surface area (Å²) in [6.45, 7) is 1.94. The second-order valence-electron chi connectivity index (χ2n) is 6.74. The fraction of sp³-hybridized carbons (Fsp3) is 0.105. The maximum Gasteiger partial charge on any atom is 0.340 e. The summed E-state index contributed by atoms with van der Waals surface area (Å²) in [6, 6.07) is 12.3. The number of hydrogen-bond donors (Lipinski definition) is 4. The number of hydrogen-bond acceptors (Lipinski definition) is 7. The smallest absolute Gasteiger partial charge is 0.340 e. The number of carbonyl (C=O) groups excluding carboxylic acids is 1. The number of rotatable bonds is 6. The third kappa shape index (κ3) is 5.74. The Bertz CT molecular complexity index is 1270. The Labute approximate surface area is 178 Å². The molecular weight excluding hydrogens is 443 g/mol. The zero-order valence-electron chi connectivity index (χ0n) is 16.3. The second-order valence-corrected chi connectivity index (χ2v) is 10.8. The molecule has 1 aromatic heterocycles. The van der Waals surface area contributed by atoms with Crippen molar-refractivity contribution < 1.29 is 27.6 Å². The number of aromatic nitrogens is 2. The number of anilines is 2. The normalized spacial score (nSPS) is 11.8. The summed E-state index contributed by atoms with van der Waals surface area (Å²) in [5.74, 6) is -0.723. The first-order chi connectivity index (χ1) is 14.4. The molecule has 12 heteroatoms. The molecule has 0 aliphatic rings. The SMILES string of the molecule is Cc1ccc(-c2cnc(N)c(C(=O)Nc3ccc(S(=O)(=O)CP(=O)(O)O)cc3)n2)cc1. The summed E-state index contributed by atoms with van der Waals surface area (Å²) in [4.78, 5) is 38.5. The molecule has 5 N–H and O–H groups in total. The predicted molar refractivity (Wildman–Crippen MR) is 115 cm³/mol. The molecule has 3 aromatic rings. The molecule has 2 aromatic carbocycles. The van der Waals surface area contributed by atoms with Gasteiger partial charge in [0.25, 0.3) is 5.91 Å². The van der Waals surface area contributed by atoms with Crippen LogP contribution in [0.3, 0.4) is 0 Å². The lowest BCUT2D eigenvalue weighted by Crippen LogP contribution is -2.17. The van der Waals surface area contributed by atoms with Gasteiger partial charge < -0.3 is 20.8 Å². The first kappa shape index (κ1) is 22.6. The number of nitrogens with one attached hydrogen (secondary N) is 1. The fourth-order valence-corrected chi connectivity index (χ4v) is 5.58. The summed E-state index contributed by atoms with van der Waals surface area (Å²) < 4.78 is 35.1. The molecule has 3 rings (SSSR count). The van der Waals surface area contributed by atoms with E-state index in [1.165, 1.54) is 18.3 Å². The van der Waals surface area contributed by atoms with E-state index in [1.807, 2.05) is 31.2 Å². The maximum atomic E-state index is 12.6. The lowest BCUT2D eigenvalue weighted by atomic mass is 10.1. The molecule has 1 amide bonds. The van der Waals surface area contributed by atoms with E-state index < -0.39 is 28.8 Å². The average molecular weight is 462 g/mol. The number of sulfone groups is 1. The Morgan fingerprint density at radius 2 is 1.71 bits per heavy atom. The van der Waals surface area contributed by atoms with Gasteiger partial charge in [-0.05, 0) is 31.2 Å². The summed E-state index contributed by atoms with van der Waals surface area (Å²) >= 11 is 0. The number of nitrogens with zero attached hydrogens (tertiary/aromatic N) is 2. The number of nitrogen functional groups attached to an aromatic ring is 1. The van der Waals surface area contributed by atoms with E-state index in [4.69, 9.17) is 15.5 Å². The molecule has 0 unspecified atom stereocenters. The third-order valence-electron chi connectivity index (χ3n) is 4.17. The Morgan fingerprint density at radius 3 is 2.29 bits per heavy atom. The van der Waals surface area contributed by atoms with Crippen LogP contribution in [0.15, 0.2) is 59.6 Å². The van der Waals surface area contributed by atoms with E-state index >= 15 is 0 Å². The standard InChI is InChI=1S/C19H19N4O6PS/c1-12-2-4-13(5-3-12)16-10-21-18(20)17(23-16)19(24)22-14-6-8-15(9-7-14)31(28,29)11-30(25,26)27/h2-10H,11H2,1H3,(H2,20,21)(H,22,24)(H2,25,26,27). The lowest BCUT2D eigenvalue weighted by Gasteiger charge is -2.10. The molecule has 162 valence electrons. The minimum atomic E-state index is -4.75. The molecule has 1 heterocycles. The molecule has 0 saturated heterocycles. The summed E-state index contributed by atoms with van der Waals surface area (Å²) in [6.07, 6.45) is 1.46. The van der Waals surface area contributed by atoms with E-state index in [9.17, 15) is 17.8 Å². The molecule has 0 fully saturated rings. The van der Waals surface area contributed by atoms with E-state index in [-0.39, 0.29) is 22.1 Å². The van der Waals surface area contributed by atoms with Gasteiger partial charge in [-0.3, -0.25) is 9.36 Å². The number of amides is 1. The van der Waals surface area contributed by atoms with Crippen LogP contribution in [0.1, 0.15) is 16.1 Å². The van der Waals surface area contributed by atoms with Crippen LogP contribution in [0.25, 0.3) is 11.3 Å². The van der Waals surface area contributed by atoms with E-state index in [0.29, 0.717) is 5.69 Å². The summed E-state index contributed by atoms with van der Waals surface area (Å²) in [5.41, 5.74) is 6.91. The van der Waals surface area contributed by atoms with E-state index in [0.717, 1.165) is 23.3 Å². The molecule has 0 aliphatic heterocycles. The monoisotopic (exact) mass is 462 g/mol. The van der Waals surface area contributed by atoms with Crippen molar-refractivity contribution in [2.24, 2.45) is 0 Å². The van der Waals surface area contributed by atoms with Gasteiger partial charge in [-0.2, -0.15) is 0 Å². The van der Waals surface area contributed by atoms with Gasteiger partial charge in [-0.15, -0.1) is 0 Å². The number of carbonyl (C=O) groups is 1. The van der Waals surface area contributed by atoms with Crippen molar-refractivity contribution in [3.63, 3.8) is 0 Å². The highest BCUT2D eigenvalue weighted by Crippen LogP contribution is 2.38. The van der Waals surface area contributed by atoms with Gasteiger partial charge in [0.15, 0.2) is 26.8 Å². The highest BCUT2D eigenvalue weighted by molar-refractivity contribution is 7.97. The second kappa shape index (κ2) is 8.56. The van der Waals surface area contributed by atoms with E-state index in [2.05, 4.69) is 15.3 Å². The molecule has 0 radical (unpaired) electrons. The highest BCUT2D eigenvalue weighted by atomic mass is 32.2. The molecule has 0 aliphatic carbocycles. The van der Waals surface area contributed by atoms with Gasteiger partial charge in [0.05, 0.1) is 16.8 Å². The predicted octanol–water partition coefficient (Wildman–Crippen LogP) is 2.20. The van der Waals surface area contributed by atoms with Gasteiger partial charge in [0, 0.05) is 11.3 Å². The molecule has 0 saturated carbocycles.